The molecule has 0 radical (unpaired) electrons. The molecule has 0 aliphatic carbocycles. The molecule has 2 unspecified atom stereocenters. The fraction of sp³-hybridized carbons (Fsp3) is 0.933. The minimum atomic E-state index is -0.459. The number of amides is 1. The fourth-order valence-electron chi connectivity index (χ4n) is 2.67. The summed E-state index contributed by atoms with van der Waals surface area (Å²) in [6.45, 7) is 9.66. The Bertz CT molecular complexity index is 318. The van der Waals surface area contributed by atoms with Gasteiger partial charge >= 0.3 is 6.09 Å². The number of nitrogens with one attached hydrogen (secondary N) is 1. The molecule has 1 fully saturated rings. The number of ether oxygens (including phenoxy) is 2. The average Bonchev–Trinajstić information content (AvgIpc) is 2.81. The SMILES string of the molecule is COCC1CCN(C(CN)CCNC(=O)OC(C)(C)C)C1. The number of rotatable bonds is 7. The van der Waals surface area contributed by atoms with Crippen molar-refractivity contribution < 1.29 is 14.3 Å². The fourth-order valence-corrected chi connectivity index (χ4v) is 2.67. The van der Waals surface area contributed by atoms with Crippen LogP contribution < -0.4 is 11.1 Å². The summed E-state index contributed by atoms with van der Waals surface area (Å²) in [5.74, 6) is 0.600. The number of nitrogens with two attached hydrogens (primary N) is 1. The van der Waals surface area contributed by atoms with Crippen molar-refractivity contribution in [3.05, 3.63) is 0 Å². The molecule has 1 aliphatic rings. The van der Waals surface area contributed by atoms with Crippen LogP contribution in [0.25, 0.3) is 0 Å². The molecule has 1 aliphatic heterocycles. The Hall–Kier alpha value is -0.850. The molecular weight excluding hydrogens is 270 g/mol. The van der Waals surface area contributed by atoms with Crippen molar-refractivity contribution in [2.45, 2.75) is 45.3 Å². The summed E-state index contributed by atoms with van der Waals surface area (Å²) >= 11 is 0. The predicted molar refractivity (Wildman–Crippen MR) is 83.3 cm³/mol. The predicted octanol–water partition coefficient (Wildman–Crippen LogP) is 1.20. The van der Waals surface area contributed by atoms with Gasteiger partial charge in [0.15, 0.2) is 0 Å². The van der Waals surface area contributed by atoms with Crippen LogP contribution in [-0.4, -0.2) is 62.5 Å². The quantitative estimate of drug-likeness (QED) is 0.739. The number of alkyl carbamates (subject to hydrolysis) is 1. The van der Waals surface area contributed by atoms with E-state index in [1.807, 2.05) is 20.8 Å². The molecule has 0 saturated carbocycles. The van der Waals surface area contributed by atoms with Crippen LogP contribution >= 0.6 is 0 Å². The van der Waals surface area contributed by atoms with Gasteiger partial charge in [-0.05, 0) is 46.1 Å². The second kappa shape index (κ2) is 8.56. The number of hydrogen-bond donors (Lipinski definition) is 2. The molecule has 3 N–H and O–H groups in total. The van der Waals surface area contributed by atoms with E-state index in [0.29, 0.717) is 25.0 Å². The molecule has 2 atom stereocenters. The molecule has 0 aromatic rings. The summed E-state index contributed by atoms with van der Waals surface area (Å²) in [4.78, 5) is 14.0. The molecule has 21 heavy (non-hydrogen) atoms. The van der Waals surface area contributed by atoms with E-state index in [1.54, 1.807) is 7.11 Å². The van der Waals surface area contributed by atoms with Gasteiger partial charge in [-0.3, -0.25) is 4.90 Å². The van der Waals surface area contributed by atoms with Crippen molar-refractivity contribution >= 4 is 6.09 Å². The van der Waals surface area contributed by atoms with E-state index >= 15 is 0 Å². The van der Waals surface area contributed by atoms with E-state index < -0.39 is 5.60 Å². The van der Waals surface area contributed by atoms with Gasteiger partial charge in [-0.15, -0.1) is 0 Å². The van der Waals surface area contributed by atoms with Gasteiger partial charge in [0.1, 0.15) is 5.60 Å². The van der Waals surface area contributed by atoms with Gasteiger partial charge in [0.05, 0.1) is 6.61 Å². The number of carbonyl (C=O) groups is 1. The number of nitrogens with zero attached hydrogens (tertiary/aromatic N) is 1. The Balaban J connectivity index is 2.27. The Morgan fingerprint density at radius 1 is 1.48 bits per heavy atom. The maximum Gasteiger partial charge on any atom is 0.407 e. The third-order valence-electron chi connectivity index (χ3n) is 3.65. The Kier molecular flexibility index (Phi) is 7.42. The molecule has 0 spiro atoms. The Morgan fingerprint density at radius 2 is 2.19 bits per heavy atom. The number of likely N-dealkylation sites (tertiary alicyclic amines) is 1. The van der Waals surface area contributed by atoms with Crippen LogP contribution in [0.3, 0.4) is 0 Å². The molecule has 124 valence electrons. The lowest BCUT2D eigenvalue weighted by molar-refractivity contribution is 0.0522. The third kappa shape index (κ3) is 7.11. The summed E-state index contributed by atoms with van der Waals surface area (Å²) < 4.78 is 10.4. The zero-order valence-corrected chi connectivity index (χ0v) is 13.9. The van der Waals surface area contributed by atoms with Crippen LogP contribution in [0.15, 0.2) is 0 Å². The highest BCUT2D eigenvalue weighted by atomic mass is 16.6. The first-order chi connectivity index (χ1) is 9.85. The number of carbonyl (C=O) groups excluding carboxylic acids is 1. The standard InChI is InChI=1S/C15H31N3O3/c1-15(2,3)21-14(19)17-7-5-13(9-16)18-8-6-12(10-18)11-20-4/h12-13H,5-11,16H2,1-4H3,(H,17,19). The van der Waals surface area contributed by atoms with Crippen LogP contribution in [0, 0.1) is 5.92 Å². The molecule has 6 nitrogen and oxygen atoms in total. The van der Waals surface area contributed by atoms with E-state index in [-0.39, 0.29) is 6.09 Å². The maximum atomic E-state index is 11.6. The van der Waals surface area contributed by atoms with E-state index in [1.165, 1.54) is 0 Å². The summed E-state index contributed by atoms with van der Waals surface area (Å²) in [5.41, 5.74) is 5.42. The number of hydrogen-bond acceptors (Lipinski definition) is 5. The maximum absolute atomic E-state index is 11.6. The van der Waals surface area contributed by atoms with Crippen molar-refractivity contribution in [1.82, 2.24) is 10.2 Å². The van der Waals surface area contributed by atoms with Gasteiger partial charge in [0, 0.05) is 32.8 Å². The summed E-state index contributed by atoms with van der Waals surface area (Å²) in [6, 6.07) is 0.307. The Labute approximate surface area is 128 Å². The average molecular weight is 301 g/mol. The smallest absolute Gasteiger partial charge is 0.407 e. The third-order valence-corrected chi connectivity index (χ3v) is 3.65. The van der Waals surface area contributed by atoms with Crippen molar-refractivity contribution in [2.24, 2.45) is 11.7 Å². The second-order valence-corrected chi connectivity index (χ2v) is 6.71. The monoisotopic (exact) mass is 301 g/mol. The molecule has 1 saturated heterocycles. The van der Waals surface area contributed by atoms with Crippen molar-refractivity contribution in [3.63, 3.8) is 0 Å². The van der Waals surface area contributed by atoms with Crippen LogP contribution in [-0.2, 0) is 9.47 Å². The van der Waals surface area contributed by atoms with Crippen molar-refractivity contribution in [2.75, 3.05) is 39.9 Å². The van der Waals surface area contributed by atoms with E-state index in [4.69, 9.17) is 15.2 Å². The minimum Gasteiger partial charge on any atom is -0.444 e. The van der Waals surface area contributed by atoms with E-state index in [9.17, 15) is 4.79 Å². The lowest BCUT2D eigenvalue weighted by Crippen LogP contribution is -2.42. The van der Waals surface area contributed by atoms with Crippen LogP contribution in [0.2, 0.25) is 0 Å². The summed E-state index contributed by atoms with van der Waals surface area (Å²) in [7, 11) is 1.74. The van der Waals surface area contributed by atoms with E-state index in [0.717, 1.165) is 32.5 Å². The molecule has 1 rings (SSSR count). The van der Waals surface area contributed by atoms with Crippen LogP contribution in [0.4, 0.5) is 4.79 Å². The zero-order chi connectivity index (χ0) is 15.9. The van der Waals surface area contributed by atoms with E-state index in [2.05, 4.69) is 10.2 Å². The zero-order valence-electron chi connectivity index (χ0n) is 13.9. The summed E-state index contributed by atoms with van der Waals surface area (Å²) in [6.07, 6.45) is 1.64. The van der Waals surface area contributed by atoms with Gasteiger partial charge in [-0.25, -0.2) is 4.79 Å². The molecule has 1 heterocycles. The molecular formula is C15H31N3O3. The number of methoxy groups -OCH3 is 1. The Morgan fingerprint density at radius 3 is 2.76 bits per heavy atom. The highest BCUT2D eigenvalue weighted by Gasteiger charge is 2.27. The highest BCUT2D eigenvalue weighted by Crippen LogP contribution is 2.19. The first-order valence-electron chi connectivity index (χ1n) is 7.75. The topological polar surface area (TPSA) is 76.8 Å². The van der Waals surface area contributed by atoms with Gasteiger partial charge in [-0.1, -0.05) is 0 Å². The van der Waals surface area contributed by atoms with Gasteiger partial charge < -0.3 is 20.5 Å². The molecule has 0 aromatic carbocycles. The van der Waals surface area contributed by atoms with Crippen molar-refractivity contribution in [1.29, 1.82) is 0 Å². The van der Waals surface area contributed by atoms with Crippen LogP contribution in [0.5, 0.6) is 0 Å². The van der Waals surface area contributed by atoms with Crippen molar-refractivity contribution in [3.8, 4) is 0 Å². The molecule has 1 amide bonds. The molecule has 6 heteroatoms. The lowest BCUT2D eigenvalue weighted by atomic mass is 10.1. The van der Waals surface area contributed by atoms with Crippen LogP contribution in [0.1, 0.15) is 33.6 Å². The minimum absolute atomic E-state index is 0.307. The van der Waals surface area contributed by atoms with Gasteiger partial charge in [-0.2, -0.15) is 0 Å². The van der Waals surface area contributed by atoms with Gasteiger partial charge in [0.25, 0.3) is 0 Å². The normalized spacial score (nSPS) is 21.3. The summed E-state index contributed by atoms with van der Waals surface area (Å²) in [5, 5.41) is 2.80. The second-order valence-electron chi connectivity index (χ2n) is 6.71. The lowest BCUT2D eigenvalue weighted by Gasteiger charge is -2.27. The first kappa shape index (κ1) is 18.2. The largest absolute Gasteiger partial charge is 0.444 e. The molecule has 0 bridgehead atoms. The van der Waals surface area contributed by atoms with Gasteiger partial charge in [0.2, 0.25) is 0 Å². The first-order valence-corrected chi connectivity index (χ1v) is 7.75. The highest BCUT2D eigenvalue weighted by molar-refractivity contribution is 5.67. The molecule has 0 aromatic heterocycles.